The molecule has 0 saturated heterocycles. The molecule has 2 aromatic carbocycles. The van der Waals surface area contributed by atoms with Crippen molar-refractivity contribution in [2.45, 2.75) is 66.3 Å². The maximum atomic E-state index is 5.82. The Kier molecular flexibility index (Phi) is 7.29. The second-order valence-corrected chi connectivity index (χ2v) is 10.4. The Hall–Kier alpha value is -3.54. The Morgan fingerprint density at radius 3 is 2.23 bits per heavy atom. The number of hydrogen-bond acceptors (Lipinski definition) is 5. The van der Waals surface area contributed by atoms with Crippen molar-refractivity contribution >= 4 is 6.08 Å². The third-order valence-electron chi connectivity index (χ3n) is 5.89. The second-order valence-electron chi connectivity index (χ2n) is 10.4. The van der Waals surface area contributed by atoms with Crippen LogP contribution in [0.25, 0.3) is 28.6 Å². The molecule has 0 amide bonds. The first kappa shape index (κ1) is 24.6. The predicted octanol–water partition coefficient (Wildman–Crippen LogP) is 7.37. The van der Waals surface area contributed by atoms with Crippen molar-refractivity contribution in [1.29, 1.82) is 0 Å². The third kappa shape index (κ3) is 6.13. The zero-order chi connectivity index (χ0) is 25.0. The molecule has 6 heteroatoms. The SMILES string of the molecule is CC(C)c1nnc(CC(C)(C)CC=Cc2cccc(-c3nn(C(C)C)nc3-c3ccccc3)c2)o1. The molecule has 2 aromatic heterocycles. The summed E-state index contributed by atoms with van der Waals surface area (Å²) in [6.07, 6.45) is 6.04. The average molecular weight is 470 g/mol. The molecule has 0 saturated carbocycles. The molecule has 0 atom stereocenters. The Labute approximate surface area is 208 Å². The van der Waals surface area contributed by atoms with Crippen LogP contribution in [0.5, 0.6) is 0 Å². The van der Waals surface area contributed by atoms with Crippen LogP contribution < -0.4 is 0 Å². The van der Waals surface area contributed by atoms with E-state index in [4.69, 9.17) is 14.6 Å². The summed E-state index contributed by atoms with van der Waals surface area (Å²) in [7, 11) is 0. The summed E-state index contributed by atoms with van der Waals surface area (Å²) in [5.41, 5.74) is 5.08. The van der Waals surface area contributed by atoms with Gasteiger partial charge >= 0.3 is 0 Å². The Morgan fingerprint density at radius 1 is 0.886 bits per heavy atom. The van der Waals surface area contributed by atoms with Crippen LogP contribution in [0.2, 0.25) is 0 Å². The highest BCUT2D eigenvalue weighted by molar-refractivity contribution is 5.78. The van der Waals surface area contributed by atoms with Crippen molar-refractivity contribution in [2.24, 2.45) is 5.41 Å². The van der Waals surface area contributed by atoms with E-state index in [2.05, 4.69) is 100 Å². The molecule has 4 aromatic rings. The van der Waals surface area contributed by atoms with Crippen molar-refractivity contribution in [2.75, 3.05) is 0 Å². The van der Waals surface area contributed by atoms with Gasteiger partial charge in [0.15, 0.2) is 0 Å². The van der Waals surface area contributed by atoms with Gasteiger partial charge in [0.2, 0.25) is 11.8 Å². The van der Waals surface area contributed by atoms with Crippen molar-refractivity contribution < 1.29 is 4.42 Å². The number of hydrogen-bond donors (Lipinski definition) is 0. The lowest BCUT2D eigenvalue weighted by Crippen LogP contribution is -2.14. The largest absolute Gasteiger partial charge is 0.425 e. The van der Waals surface area contributed by atoms with Gasteiger partial charge in [-0.1, -0.05) is 88.4 Å². The topological polar surface area (TPSA) is 69.6 Å². The smallest absolute Gasteiger partial charge is 0.219 e. The van der Waals surface area contributed by atoms with Gasteiger partial charge in [0.25, 0.3) is 0 Å². The summed E-state index contributed by atoms with van der Waals surface area (Å²) in [6.45, 7) is 12.8. The molecular formula is C29H35N5O. The van der Waals surface area contributed by atoms with E-state index in [1.54, 1.807) is 4.80 Å². The second kappa shape index (κ2) is 10.4. The third-order valence-corrected chi connectivity index (χ3v) is 5.89. The number of nitrogens with zero attached hydrogens (tertiary/aromatic N) is 5. The van der Waals surface area contributed by atoms with Crippen LogP contribution in [0.15, 0.2) is 65.1 Å². The highest BCUT2D eigenvalue weighted by atomic mass is 16.4. The summed E-state index contributed by atoms with van der Waals surface area (Å²) in [6, 6.07) is 18.9. The Balaban J connectivity index is 1.52. The summed E-state index contributed by atoms with van der Waals surface area (Å²) in [4.78, 5) is 1.80. The van der Waals surface area contributed by atoms with Gasteiger partial charge in [-0.15, -0.1) is 10.2 Å². The van der Waals surface area contributed by atoms with Crippen LogP contribution in [0.1, 0.15) is 77.3 Å². The highest BCUT2D eigenvalue weighted by Gasteiger charge is 2.21. The van der Waals surface area contributed by atoms with E-state index < -0.39 is 0 Å². The maximum Gasteiger partial charge on any atom is 0.219 e. The van der Waals surface area contributed by atoms with Crippen LogP contribution in [0.4, 0.5) is 0 Å². The van der Waals surface area contributed by atoms with Crippen molar-refractivity contribution in [1.82, 2.24) is 25.2 Å². The lowest BCUT2D eigenvalue weighted by Gasteiger charge is -2.20. The van der Waals surface area contributed by atoms with Crippen LogP contribution in [-0.4, -0.2) is 25.2 Å². The van der Waals surface area contributed by atoms with Crippen LogP contribution in [0.3, 0.4) is 0 Å². The number of aromatic nitrogens is 5. The lowest BCUT2D eigenvalue weighted by molar-refractivity contribution is 0.316. The van der Waals surface area contributed by atoms with Gasteiger partial charge in [-0.2, -0.15) is 15.0 Å². The monoisotopic (exact) mass is 469 g/mol. The summed E-state index contributed by atoms with van der Waals surface area (Å²) < 4.78 is 5.82. The Bertz CT molecular complexity index is 1280. The molecule has 0 N–H and O–H groups in total. The van der Waals surface area contributed by atoms with Gasteiger partial charge in [-0.05, 0) is 37.3 Å². The van der Waals surface area contributed by atoms with E-state index in [0.29, 0.717) is 11.8 Å². The first-order valence-corrected chi connectivity index (χ1v) is 12.3. The zero-order valence-corrected chi connectivity index (χ0v) is 21.6. The zero-order valence-electron chi connectivity index (χ0n) is 21.6. The van der Waals surface area contributed by atoms with E-state index in [-0.39, 0.29) is 17.4 Å². The molecule has 0 aliphatic heterocycles. The minimum atomic E-state index is 0.00926. The van der Waals surface area contributed by atoms with Gasteiger partial charge in [0, 0.05) is 23.5 Å². The molecule has 2 heterocycles. The number of rotatable bonds is 9. The molecule has 0 unspecified atom stereocenters. The fourth-order valence-electron chi connectivity index (χ4n) is 3.89. The predicted molar refractivity (Wildman–Crippen MR) is 141 cm³/mol. The minimum absolute atomic E-state index is 0.00926. The van der Waals surface area contributed by atoms with Gasteiger partial charge in [0.1, 0.15) is 11.4 Å². The van der Waals surface area contributed by atoms with E-state index in [9.17, 15) is 0 Å². The lowest BCUT2D eigenvalue weighted by atomic mass is 9.85. The van der Waals surface area contributed by atoms with E-state index in [1.165, 1.54) is 0 Å². The first-order valence-electron chi connectivity index (χ1n) is 12.3. The number of allylic oxidation sites excluding steroid dienone is 1. The molecular weight excluding hydrogens is 434 g/mol. The van der Waals surface area contributed by atoms with Crippen molar-refractivity contribution in [3.63, 3.8) is 0 Å². The standard InChI is InChI=1S/C29H35N5O/c1-20(2)28-31-30-25(35-28)19-29(5,6)17-11-13-22-12-10-16-24(18-22)27-26(23-14-8-7-9-15-23)32-34(33-27)21(3)4/h7-16,18,20-21H,17,19H2,1-6H3. The minimum Gasteiger partial charge on any atom is -0.425 e. The van der Waals surface area contributed by atoms with Crippen LogP contribution in [0, 0.1) is 5.41 Å². The molecule has 0 aliphatic rings. The molecule has 0 bridgehead atoms. The molecule has 0 fully saturated rings. The molecule has 0 spiro atoms. The summed E-state index contributed by atoms with van der Waals surface area (Å²) in [5, 5.41) is 18.0. The van der Waals surface area contributed by atoms with E-state index in [0.717, 1.165) is 40.9 Å². The maximum absolute atomic E-state index is 5.82. The molecule has 6 nitrogen and oxygen atoms in total. The van der Waals surface area contributed by atoms with E-state index in [1.807, 2.05) is 18.2 Å². The van der Waals surface area contributed by atoms with Crippen molar-refractivity contribution in [3.05, 3.63) is 78.0 Å². The van der Waals surface area contributed by atoms with Crippen LogP contribution in [-0.2, 0) is 6.42 Å². The average Bonchev–Trinajstić information content (AvgIpc) is 3.47. The first-order chi connectivity index (χ1) is 16.7. The quantitative estimate of drug-likeness (QED) is 0.256. The molecule has 0 radical (unpaired) electrons. The summed E-state index contributed by atoms with van der Waals surface area (Å²) in [5.74, 6) is 1.65. The molecule has 0 aliphatic carbocycles. The molecule has 35 heavy (non-hydrogen) atoms. The summed E-state index contributed by atoms with van der Waals surface area (Å²) >= 11 is 0. The number of benzene rings is 2. The fraction of sp³-hybridized carbons (Fsp3) is 0.379. The van der Waals surface area contributed by atoms with Crippen LogP contribution >= 0.6 is 0 Å². The Morgan fingerprint density at radius 2 is 1.57 bits per heavy atom. The molecule has 182 valence electrons. The fourth-order valence-corrected chi connectivity index (χ4v) is 3.89. The van der Waals surface area contributed by atoms with Gasteiger partial charge < -0.3 is 4.42 Å². The van der Waals surface area contributed by atoms with Gasteiger partial charge in [0.05, 0.1) is 6.04 Å². The normalized spacial score (nSPS) is 12.3. The van der Waals surface area contributed by atoms with Crippen molar-refractivity contribution in [3.8, 4) is 22.5 Å². The van der Waals surface area contributed by atoms with E-state index >= 15 is 0 Å². The van der Waals surface area contributed by atoms with Gasteiger partial charge in [-0.3, -0.25) is 0 Å². The highest BCUT2D eigenvalue weighted by Crippen LogP contribution is 2.31. The van der Waals surface area contributed by atoms with Gasteiger partial charge in [-0.25, -0.2) is 0 Å². The molecule has 4 rings (SSSR count).